The standard InChI is InChI=1S/C11H12F4O/c1-10(2,3)16-9-6-7(12)4-5-8(9)11(13,14)15/h4-6H,1-3H3. The van der Waals surface area contributed by atoms with E-state index in [4.69, 9.17) is 4.74 Å². The van der Waals surface area contributed by atoms with Gasteiger partial charge in [0.25, 0.3) is 0 Å². The number of alkyl halides is 3. The molecule has 0 aliphatic heterocycles. The molecule has 0 saturated carbocycles. The third kappa shape index (κ3) is 3.40. The molecule has 1 rings (SSSR count). The Morgan fingerprint density at radius 3 is 2.06 bits per heavy atom. The average molecular weight is 236 g/mol. The molecule has 1 aromatic carbocycles. The number of hydrogen-bond donors (Lipinski definition) is 0. The van der Waals surface area contributed by atoms with Crippen molar-refractivity contribution in [2.24, 2.45) is 0 Å². The summed E-state index contributed by atoms with van der Waals surface area (Å²) in [5.41, 5.74) is -1.78. The van der Waals surface area contributed by atoms with E-state index in [1.165, 1.54) is 0 Å². The number of benzene rings is 1. The number of hydrogen-bond acceptors (Lipinski definition) is 1. The van der Waals surface area contributed by atoms with E-state index in [0.29, 0.717) is 6.07 Å². The Morgan fingerprint density at radius 1 is 1.06 bits per heavy atom. The van der Waals surface area contributed by atoms with Crippen LogP contribution in [0.2, 0.25) is 0 Å². The van der Waals surface area contributed by atoms with E-state index >= 15 is 0 Å². The lowest BCUT2D eigenvalue weighted by Gasteiger charge is -2.23. The van der Waals surface area contributed by atoms with E-state index in [1.807, 2.05) is 0 Å². The van der Waals surface area contributed by atoms with E-state index in [9.17, 15) is 17.6 Å². The van der Waals surface area contributed by atoms with Gasteiger partial charge in [-0.2, -0.15) is 13.2 Å². The quantitative estimate of drug-likeness (QED) is 0.669. The summed E-state index contributed by atoms with van der Waals surface area (Å²) in [6.07, 6.45) is -4.55. The molecule has 0 aliphatic carbocycles. The second-order valence-electron chi connectivity index (χ2n) is 4.35. The maximum atomic E-state index is 12.9. The Hall–Kier alpha value is -1.26. The Morgan fingerprint density at radius 2 is 1.62 bits per heavy atom. The first-order chi connectivity index (χ1) is 7.09. The highest BCUT2D eigenvalue weighted by Gasteiger charge is 2.35. The topological polar surface area (TPSA) is 9.23 Å². The van der Waals surface area contributed by atoms with Crippen molar-refractivity contribution in [1.82, 2.24) is 0 Å². The van der Waals surface area contributed by atoms with Crippen LogP contribution in [0.25, 0.3) is 0 Å². The lowest BCUT2D eigenvalue weighted by Crippen LogP contribution is -2.24. The van der Waals surface area contributed by atoms with Crippen LogP contribution in [0.5, 0.6) is 5.75 Å². The summed E-state index contributed by atoms with van der Waals surface area (Å²) in [6.45, 7) is 4.79. The molecule has 0 saturated heterocycles. The maximum Gasteiger partial charge on any atom is 0.419 e. The van der Waals surface area contributed by atoms with Crippen LogP contribution in [0.4, 0.5) is 17.6 Å². The molecule has 0 amide bonds. The summed E-state index contributed by atoms with van der Waals surface area (Å²) >= 11 is 0. The maximum absolute atomic E-state index is 12.9. The molecule has 1 aromatic rings. The first-order valence-corrected chi connectivity index (χ1v) is 4.65. The molecular weight excluding hydrogens is 224 g/mol. The van der Waals surface area contributed by atoms with Gasteiger partial charge in [0.05, 0.1) is 5.56 Å². The van der Waals surface area contributed by atoms with E-state index < -0.39 is 28.9 Å². The number of ether oxygens (including phenoxy) is 1. The van der Waals surface area contributed by atoms with Crippen molar-refractivity contribution in [3.05, 3.63) is 29.6 Å². The summed E-state index contributed by atoms with van der Waals surface area (Å²) in [6, 6.07) is 2.18. The van der Waals surface area contributed by atoms with Crippen molar-refractivity contribution in [2.45, 2.75) is 32.5 Å². The van der Waals surface area contributed by atoms with E-state index in [0.717, 1.165) is 12.1 Å². The highest BCUT2D eigenvalue weighted by atomic mass is 19.4. The van der Waals surface area contributed by atoms with E-state index in [-0.39, 0.29) is 0 Å². The molecule has 0 N–H and O–H groups in total. The van der Waals surface area contributed by atoms with Gasteiger partial charge in [-0.1, -0.05) is 0 Å². The molecule has 0 atom stereocenters. The fourth-order valence-electron chi connectivity index (χ4n) is 1.14. The highest BCUT2D eigenvalue weighted by molar-refractivity contribution is 5.36. The Labute approximate surface area is 91.0 Å². The predicted octanol–water partition coefficient (Wildman–Crippen LogP) is 4.02. The molecule has 90 valence electrons. The van der Waals surface area contributed by atoms with Crippen molar-refractivity contribution < 1.29 is 22.3 Å². The van der Waals surface area contributed by atoms with Crippen molar-refractivity contribution in [1.29, 1.82) is 0 Å². The monoisotopic (exact) mass is 236 g/mol. The fourth-order valence-corrected chi connectivity index (χ4v) is 1.14. The van der Waals surface area contributed by atoms with Crippen LogP contribution in [0.15, 0.2) is 18.2 Å². The lowest BCUT2D eigenvalue weighted by atomic mass is 10.1. The van der Waals surface area contributed by atoms with Gasteiger partial charge in [-0.15, -0.1) is 0 Å². The molecule has 0 aromatic heterocycles. The minimum Gasteiger partial charge on any atom is -0.487 e. The molecule has 16 heavy (non-hydrogen) atoms. The molecule has 0 aliphatic rings. The molecule has 1 nitrogen and oxygen atoms in total. The first-order valence-electron chi connectivity index (χ1n) is 4.65. The summed E-state index contributed by atoms with van der Waals surface area (Å²) in [5.74, 6) is -1.24. The third-order valence-corrected chi connectivity index (χ3v) is 1.67. The van der Waals surface area contributed by atoms with Gasteiger partial charge >= 0.3 is 6.18 Å². The molecule has 5 heteroatoms. The van der Waals surface area contributed by atoms with Crippen LogP contribution < -0.4 is 4.74 Å². The Bertz CT molecular complexity index is 377. The molecule has 0 radical (unpaired) electrons. The molecule has 0 bridgehead atoms. The van der Waals surface area contributed by atoms with Gasteiger partial charge in [0.2, 0.25) is 0 Å². The second kappa shape index (κ2) is 3.96. The zero-order chi connectivity index (χ0) is 12.6. The molecule has 0 unspecified atom stereocenters. The molecule has 0 heterocycles. The molecular formula is C11H12F4O. The van der Waals surface area contributed by atoms with Crippen molar-refractivity contribution >= 4 is 0 Å². The van der Waals surface area contributed by atoms with Gasteiger partial charge in [0, 0.05) is 6.07 Å². The van der Waals surface area contributed by atoms with Gasteiger partial charge in [-0.25, -0.2) is 4.39 Å². The number of halogens is 4. The second-order valence-corrected chi connectivity index (χ2v) is 4.35. The van der Waals surface area contributed by atoms with Gasteiger partial charge in [-0.3, -0.25) is 0 Å². The van der Waals surface area contributed by atoms with Gasteiger partial charge < -0.3 is 4.74 Å². The van der Waals surface area contributed by atoms with Crippen molar-refractivity contribution in [3.63, 3.8) is 0 Å². The highest BCUT2D eigenvalue weighted by Crippen LogP contribution is 2.37. The predicted molar refractivity (Wildman–Crippen MR) is 51.8 cm³/mol. The van der Waals surface area contributed by atoms with Gasteiger partial charge in [0.15, 0.2) is 0 Å². The van der Waals surface area contributed by atoms with Crippen LogP contribution in [-0.4, -0.2) is 5.60 Å². The lowest BCUT2D eigenvalue weighted by molar-refractivity contribution is -0.139. The van der Waals surface area contributed by atoms with Crippen LogP contribution in [0, 0.1) is 5.82 Å². The van der Waals surface area contributed by atoms with Crippen LogP contribution in [0.3, 0.4) is 0 Å². The van der Waals surface area contributed by atoms with Crippen LogP contribution >= 0.6 is 0 Å². The molecule has 0 fully saturated rings. The largest absolute Gasteiger partial charge is 0.487 e. The van der Waals surface area contributed by atoms with Crippen molar-refractivity contribution in [2.75, 3.05) is 0 Å². The smallest absolute Gasteiger partial charge is 0.419 e. The zero-order valence-corrected chi connectivity index (χ0v) is 9.15. The number of rotatable bonds is 1. The zero-order valence-electron chi connectivity index (χ0n) is 9.15. The summed E-state index contributed by atoms with van der Waals surface area (Å²) in [5, 5.41) is 0. The summed E-state index contributed by atoms with van der Waals surface area (Å²) in [4.78, 5) is 0. The van der Waals surface area contributed by atoms with Crippen LogP contribution in [-0.2, 0) is 6.18 Å². The van der Waals surface area contributed by atoms with Gasteiger partial charge in [0.1, 0.15) is 17.2 Å². The fraction of sp³-hybridized carbons (Fsp3) is 0.455. The Balaban J connectivity index is 3.19. The van der Waals surface area contributed by atoms with Crippen LogP contribution in [0.1, 0.15) is 26.3 Å². The van der Waals surface area contributed by atoms with E-state index in [2.05, 4.69) is 0 Å². The first kappa shape index (κ1) is 12.8. The summed E-state index contributed by atoms with van der Waals surface area (Å²) < 4.78 is 55.6. The van der Waals surface area contributed by atoms with Crippen molar-refractivity contribution in [3.8, 4) is 5.75 Å². The normalized spacial score (nSPS) is 12.7. The molecule has 0 spiro atoms. The minimum absolute atomic E-state index is 0.486. The Kier molecular flexibility index (Phi) is 3.17. The minimum atomic E-state index is -4.55. The van der Waals surface area contributed by atoms with Gasteiger partial charge in [-0.05, 0) is 32.9 Å². The van der Waals surface area contributed by atoms with E-state index in [1.54, 1.807) is 20.8 Å². The average Bonchev–Trinajstić information content (AvgIpc) is 1.97. The third-order valence-electron chi connectivity index (χ3n) is 1.67. The summed E-state index contributed by atoms with van der Waals surface area (Å²) in [7, 11) is 0. The SMILES string of the molecule is CC(C)(C)Oc1cc(F)ccc1C(F)(F)F.